The fourth-order valence-corrected chi connectivity index (χ4v) is 2.14. The predicted molar refractivity (Wildman–Crippen MR) is 68.4 cm³/mol. The standard InChI is InChI=1S/C13H14BrNO/c1-8-3-4-10(9(2)7-8)13(15)11-5-6-12(14)16-11/h3-7,13H,15H2,1-2H3. The van der Waals surface area contributed by atoms with E-state index in [1.54, 1.807) is 0 Å². The monoisotopic (exact) mass is 279 g/mol. The molecule has 0 bridgehead atoms. The summed E-state index contributed by atoms with van der Waals surface area (Å²) in [4.78, 5) is 0. The average molecular weight is 280 g/mol. The molecule has 1 atom stereocenters. The second kappa shape index (κ2) is 4.44. The van der Waals surface area contributed by atoms with E-state index in [2.05, 4.69) is 48.0 Å². The molecule has 0 fully saturated rings. The Bertz CT molecular complexity index is 504. The Morgan fingerprint density at radius 2 is 1.94 bits per heavy atom. The summed E-state index contributed by atoms with van der Waals surface area (Å²) in [6.45, 7) is 4.14. The molecule has 1 aromatic heterocycles. The van der Waals surface area contributed by atoms with Gasteiger partial charge in [0.1, 0.15) is 5.76 Å². The SMILES string of the molecule is Cc1ccc(C(N)c2ccc(Br)o2)c(C)c1. The Labute approximate surface area is 104 Å². The highest BCUT2D eigenvalue weighted by molar-refractivity contribution is 9.10. The number of rotatable bonds is 2. The molecule has 0 aliphatic heterocycles. The molecular weight excluding hydrogens is 266 g/mol. The van der Waals surface area contributed by atoms with E-state index in [0.29, 0.717) is 4.67 Å². The molecule has 84 valence electrons. The molecule has 1 aromatic carbocycles. The molecule has 2 nitrogen and oxygen atoms in total. The number of hydrogen-bond donors (Lipinski definition) is 1. The fourth-order valence-electron chi connectivity index (χ4n) is 1.82. The number of benzene rings is 1. The van der Waals surface area contributed by atoms with Crippen molar-refractivity contribution in [2.24, 2.45) is 5.73 Å². The van der Waals surface area contributed by atoms with Gasteiger partial charge in [-0.15, -0.1) is 0 Å². The molecule has 0 spiro atoms. The Kier molecular flexibility index (Phi) is 3.17. The van der Waals surface area contributed by atoms with E-state index in [1.807, 2.05) is 12.1 Å². The maximum atomic E-state index is 6.17. The third kappa shape index (κ3) is 2.20. The molecule has 0 radical (unpaired) electrons. The van der Waals surface area contributed by atoms with Gasteiger partial charge in [-0.25, -0.2) is 0 Å². The minimum absolute atomic E-state index is 0.202. The van der Waals surface area contributed by atoms with E-state index in [9.17, 15) is 0 Å². The molecule has 3 heteroatoms. The highest BCUT2D eigenvalue weighted by Crippen LogP contribution is 2.26. The molecule has 0 aliphatic carbocycles. The highest BCUT2D eigenvalue weighted by Gasteiger charge is 2.14. The summed E-state index contributed by atoms with van der Waals surface area (Å²) < 4.78 is 6.19. The first kappa shape index (κ1) is 11.4. The van der Waals surface area contributed by atoms with E-state index >= 15 is 0 Å². The number of nitrogens with two attached hydrogens (primary N) is 1. The molecule has 0 aliphatic rings. The van der Waals surface area contributed by atoms with Crippen LogP contribution in [-0.4, -0.2) is 0 Å². The summed E-state index contributed by atoms with van der Waals surface area (Å²) in [6, 6.07) is 9.82. The van der Waals surface area contributed by atoms with Crippen LogP contribution >= 0.6 is 15.9 Å². The second-order valence-corrected chi connectivity index (χ2v) is 4.76. The lowest BCUT2D eigenvalue weighted by molar-refractivity contribution is 0.469. The van der Waals surface area contributed by atoms with Crippen LogP contribution in [0.15, 0.2) is 39.4 Å². The zero-order valence-electron chi connectivity index (χ0n) is 9.33. The molecule has 2 rings (SSSR count). The maximum absolute atomic E-state index is 6.17. The quantitative estimate of drug-likeness (QED) is 0.910. The van der Waals surface area contributed by atoms with Gasteiger partial charge in [-0.3, -0.25) is 0 Å². The van der Waals surface area contributed by atoms with E-state index in [0.717, 1.165) is 11.3 Å². The summed E-state index contributed by atoms with van der Waals surface area (Å²) in [6.07, 6.45) is 0. The topological polar surface area (TPSA) is 39.2 Å². The van der Waals surface area contributed by atoms with E-state index in [1.165, 1.54) is 11.1 Å². The normalized spacial score (nSPS) is 12.8. The first-order chi connectivity index (χ1) is 7.58. The van der Waals surface area contributed by atoms with Gasteiger partial charge in [-0.2, -0.15) is 0 Å². The van der Waals surface area contributed by atoms with Crippen molar-refractivity contribution in [2.45, 2.75) is 19.9 Å². The number of hydrogen-bond acceptors (Lipinski definition) is 2. The van der Waals surface area contributed by atoms with Gasteiger partial charge >= 0.3 is 0 Å². The molecule has 2 aromatic rings. The van der Waals surface area contributed by atoms with Crippen molar-refractivity contribution < 1.29 is 4.42 Å². The van der Waals surface area contributed by atoms with Crippen LogP contribution < -0.4 is 5.73 Å². The van der Waals surface area contributed by atoms with Gasteiger partial charge in [-0.1, -0.05) is 23.8 Å². The van der Waals surface area contributed by atoms with E-state index in [4.69, 9.17) is 10.2 Å². The van der Waals surface area contributed by atoms with Crippen molar-refractivity contribution in [3.05, 3.63) is 57.5 Å². The Hall–Kier alpha value is -1.06. The Balaban J connectivity index is 2.37. The zero-order valence-corrected chi connectivity index (χ0v) is 10.9. The zero-order chi connectivity index (χ0) is 11.7. The third-order valence-electron chi connectivity index (χ3n) is 2.66. The van der Waals surface area contributed by atoms with E-state index < -0.39 is 0 Å². The van der Waals surface area contributed by atoms with Gasteiger partial charge in [0.05, 0.1) is 6.04 Å². The molecule has 0 saturated carbocycles. The van der Waals surface area contributed by atoms with Gasteiger partial charge in [0.15, 0.2) is 4.67 Å². The predicted octanol–water partition coefficient (Wildman–Crippen LogP) is 3.71. The molecular formula is C13H14BrNO. The highest BCUT2D eigenvalue weighted by atomic mass is 79.9. The minimum Gasteiger partial charge on any atom is -0.452 e. The number of halogens is 1. The molecule has 1 heterocycles. The van der Waals surface area contributed by atoms with Crippen molar-refractivity contribution in [3.8, 4) is 0 Å². The molecule has 16 heavy (non-hydrogen) atoms. The lowest BCUT2D eigenvalue weighted by Crippen LogP contribution is -2.12. The maximum Gasteiger partial charge on any atom is 0.169 e. The van der Waals surface area contributed by atoms with Crippen LogP contribution in [0.1, 0.15) is 28.5 Å². The van der Waals surface area contributed by atoms with Crippen LogP contribution in [0, 0.1) is 13.8 Å². The first-order valence-corrected chi connectivity index (χ1v) is 5.95. The molecule has 0 saturated heterocycles. The molecule has 1 unspecified atom stereocenters. The summed E-state index contributed by atoms with van der Waals surface area (Å²) in [5.41, 5.74) is 9.71. The summed E-state index contributed by atoms with van der Waals surface area (Å²) >= 11 is 3.28. The smallest absolute Gasteiger partial charge is 0.169 e. The molecule has 0 amide bonds. The van der Waals surface area contributed by atoms with Crippen LogP contribution in [0.3, 0.4) is 0 Å². The van der Waals surface area contributed by atoms with Crippen LogP contribution in [-0.2, 0) is 0 Å². The summed E-state index contributed by atoms with van der Waals surface area (Å²) in [7, 11) is 0. The van der Waals surface area contributed by atoms with Crippen molar-refractivity contribution in [2.75, 3.05) is 0 Å². The van der Waals surface area contributed by atoms with Crippen LogP contribution in [0.4, 0.5) is 0 Å². The average Bonchev–Trinajstić information content (AvgIpc) is 2.64. The van der Waals surface area contributed by atoms with Crippen LogP contribution in [0.2, 0.25) is 0 Å². The summed E-state index contributed by atoms with van der Waals surface area (Å²) in [5.74, 6) is 0.777. The van der Waals surface area contributed by atoms with Crippen LogP contribution in [0.25, 0.3) is 0 Å². The van der Waals surface area contributed by atoms with Crippen molar-refractivity contribution in [1.29, 1.82) is 0 Å². The lowest BCUT2D eigenvalue weighted by Gasteiger charge is -2.12. The fraction of sp³-hybridized carbons (Fsp3) is 0.231. The second-order valence-electron chi connectivity index (χ2n) is 3.98. The van der Waals surface area contributed by atoms with Gasteiger partial charge in [0.2, 0.25) is 0 Å². The largest absolute Gasteiger partial charge is 0.452 e. The first-order valence-electron chi connectivity index (χ1n) is 5.16. The third-order valence-corrected chi connectivity index (χ3v) is 3.09. The van der Waals surface area contributed by atoms with Gasteiger partial charge in [0, 0.05) is 0 Å². The van der Waals surface area contributed by atoms with Crippen molar-refractivity contribution in [1.82, 2.24) is 0 Å². The van der Waals surface area contributed by atoms with Gasteiger partial charge < -0.3 is 10.2 Å². The van der Waals surface area contributed by atoms with E-state index in [-0.39, 0.29) is 6.04 Å². The lowest BCUT2D eigenvalue weighted by atomic mass is 9.98. The minimum atomic E-state index is -0.202. The van der Waals surface area contributed by atoms with Gasteiger partial charge in [0.25, 0.3) is 0 Å². The van der Waals surface area contributed by atoms with Crippen molar-refractivity contribution >= 4 is 15.9 Å². The summed E-state index contributed by atoms with van der Waals surface area (Å²) in [5, 5.41) is 0. The van der Waals surface area contributed by atoms with Gasteiger partial charge in [-0.05, 0) is 53.0 Å². The van der Waals surface area contributed by atoms with Crippen molar-refractivity contribution in [3.63, 3.8) is 0 Å². The Morgan fingerprint density at radius 1 is 1.19 bits per heavy atom. The molecule has 2 N–H and O–H groups in total. The Morgan fingerprint density at radius 3 is 2.50 bits per heavy atom. The van der Waals surface area contributed by atoms with Crippen LogP contribution in [0.5, 0.6) is 0 Å². The number of furan rings is 1. The number of aryl methyl sites for hydroxylation is 2.